The van der Waals surface area contributed by atoms with Crippen LogP contribution in [0, 0.1) is 6.92 Å². The fourth-order valence-corrected chi connectivity index (χ4v) is 3.04. The van der Waals surface area contributed by atoms with Gasteiger partial charge >= 0.3 is 5.91 Å². The Kier molecular flexibility index (Phi) is 13.8. The fourth-order valence-electron chi connectivity index (χ4n) is 3.04. The van der Waals surface area contributed by atoms with Gasteiger partial charge in [-0.2, -0.15) is 5.10 Å². The van der Waals surface area contributed by atoms with E-state index >= 15 is 0 Å². The molecule has 30 heavy (non-hydrogen) atoms. The van der Waals surface area contributed by atoms with Crippen molar-refractivity contribution in [3.05, 3.63) is 70.3 Å². The molecule has 0 aliphatic carbocycles. The lowest BCUT2D eigenvalue weighted by molar-refractivity contribution is -0.125. The van der Waals surface area contributed by atoms with Gasteiger partial charge in [-0.3, -0.25) is 9.59 Å². The SMILES string of the molecule is C=NN(C)C(=O)C(=O)c1c(CC)cc(C)cc1CC.CC.CCCc1ccccc1. The van der Waals surface area contributed by atoms with E-state index in [1.54, 1.807) is 0 Å². The number of likely N-dealkylation sites (N-methyl/N-ethyl adjacent to an activating group) is 1. The van der Waals surface area contributed by atoms with Crippen LogP contribution in [0.4, 0.5) is 0 Å². The van der Waals surface area contributed by atoms with Gasteiger partial charge in [-0.25, -0.2) is 5.01 Å². The van der Waals surface area contributed by atoms with Gasteiger partial charge in [0.05, 0.1) is 0 Å². The van der Waals surface area contributed by atoms with Crippen LogP contribution in [0.3, 0.4) is 0 Å². The minimum absolute atomic E-state index is 0.511. The molecule has 0 saturated heterocycles. The molecule has 4 nitrogen and oxygen atoms in total. The number of hydrogen-bond donors (Lipinski definition) is 0. The van der Waals surface area contributed by atoms with Crippen molar-refractivity contribution < 1.29 is 9.59 Å². The van der Waals surface area contributed by atoms with Crippen molar-refractivity contribution in [1.82, 2.24) is 5.01 Å². The van der Waals surface area contributed by atoms with Gasteiger partial charge in [-0.15, -0.1) is 0 Å². The van der Waals surface area contributed by atoms with Crippen LogP contribution in [0.5, 0.6) is 0 Å². The van der Waals surface area contributed by atoms with Gasteiger partial charge in [0.15, 0.2) is 0 Å². The van der Waals surface area contributed by atoms with Crippen molar-refractivity contribution in [2.24, 2.45) is 5.10 Å². The lowest BCUT2D eigenvalue weighted by Crippen LogP contribution is -2.30. The summed E-state index contributed by atoms with van der Waals surface area (Å²) in [5, 5.41) is 4.45. The molecule has 0 spiro atoms. The molecule has 0 atom stereocenters. The monoisotopic (exact) mass is 410 g/mol. The van der Waals surface area contributed by atoms with Crippen LogP contribution in [0.1, 0.15) is 73.7 Å². The second-order valence-corrected chi connectivity index (χ2v) is 6.70. The molecule has 0 unspecified atom stereocenters. The molecule has 164 valence electrons. The number of benzene rings is 2. The summed E-state index contributed by atoms with van der Waals surface area (Å²) in [6, 6.07) is 14.5. The van der Waals surface area contributed by atoms with Crippen LogP contribution in [-0.2, 0) is 24.1 Å². The first-order valence-electron chi connectivity index (χ1n) is 10.8. The number of nitrogens with zero attached hydrogens (tertiary/aromatic N) is 2. The molecule has 0 bridgehead atoms. The summed E-state index contributed by atoms with van der Waals surface area (Å²) < 4.78 is 0. The first-order chi connectivity index (χ1) is 14.4. The summed E-state index contributed by atoms with van der Waals surface area (Å²) in [6.07, 6.45) is 3.88. The fraction of sp³-hybridized carbons (Fsp3) is 0.423. The molecular weight excluding hydrogens is 372 g/mol. The summed E-state index contributed by atoms with van der Waals surface area (Å²) in [5.41, 5.74) is 4.89. The molecule has 0 aliphatic heterocycles. The highest BCUT2D eigenvalue weighted by molar-refractivity contribution is 6.43. The van der Waals surface area contributed by atoms with Crippen molar-refractivity contribution in [3.63, 3.8) is 0 Å². The van der Waals surface area contributed by atoms with Crippen LogP contribution >= 0.6 is 0 Å². The molecule has 2 aromatic carbocycles. The van der Waals surface area contributed by atoms with Crippen LogP contribution in [0.15, 0.2) is 47.6 Å². The number of rotatable bonds is 7. The minimum atomic E-state index is -0.650. The van der Waals surface area contributed by atoms with Crippen molar-refractivity contribution in [1.29, 1.82) is 0 Å². The maximum absolute atomic E-state index is 12.3. The van der Waals surface area contributed by atoms with Gasteiger partial charge in [0.2, 0.25) is 0 Å². The van der Waals surface area contributed by atoms with E-state index in [1.165, 1.54) is 25.5 Å². The highest BCUT2D eigenvalue weighted by Gasteiger charge is 2.24. The Morgan fingerprint density at radius 1 is 0.967 bits per heavy atom. The van der Waals surface area contributed by atoms with E-state index in [2.05, 4.69) is 49.1 Å². The highest BCUT2D eigenvalue weighted by atomic mass is 16.2. The number of amides is 1. The number of hydrazone groups is 1. The number of carbonyl (C=O) groups is 2. The first-order valence-corrected chi connectivity index (χ1v) is 10.8. The molecule has 4 heteroatoms. The van der Waals surface area contributed by atoms with E-state index in [-0.39, 0.29) is 0 Å². The number of ketones is 1. The lowest BCUT2D eigenvalue weighted by Gasteiger charge is -2.15. The molecule has 0 fully saturated rings. The van der Waals surface area contributed by atoms with E-state index in [1.807, 2.05) is 46.8 Å². The Bertz CT molecular complexity index is 773. The van der Waals surface area contributed by atoms with Crippen molar-refractivity contribution in [2.45, 2.75) is 67.2 Å². The van der Waals surface area contributed by atoms with Gasteiger partial charge in [0, 0.05) is 19.3 Å². The van der Waals surface area contributed by atoms with Crippen molar-refractivity contribution in [2.75, 3.05) is 7.05 Å². The summed E-state index contributed by atoms with van der Waals surface area (Å²) in [7, 11) is 1.43. The third-order valence-corrected chi connectivity index (χ3v) is 4.52. The zero-order chi connectivity index (χ0) is 23.1. The Morgan fingerprint density at radius 3 is 1.87 bits per heavy atom. The minimum Gasteiger partial charge on any atom is -0.283 e. The maximum atomic E-state index is 12.3. The highest BCUT2D eigenvalue weighted by Crippen LogP contribution is 2.20. The van der Waals surface area contributed by atoms with Crippen LogP contribution in [0.2, 0.25) is 0 Å². The van der Waals surface area contributed by atoms with Gasteiger partial charge < -0.3 is 0 Å². The van der Waals surface area contributed by atoms with Gasteiger partial charge in [-0.05, 0) is 42.9 Å². The van der Waals surface area contributed by atoms with E-state index in [9.17, 15) is 9.59 Å². The zero-order valence-corrected chi connectivity index (χ0v) is 19.8. The number of carbonyl (C=O) groups excluding carboxylic acids is 2. The Balaban J connectivity index is 0.000000636. The van der Waals surface area contributed by atoms with Crippen LogP contribution in [-0.4, -0.2) is 30.5 Å². The lowest BCUT2D eigenvalue weighted by atomic mass is 9.92. The van der Waals surface area contributed by atoms with E-state index in [0.29, 0.717) is 18.4 Å². The third kappa shape index (κ3) is 8.32. The number of aryl methyl sites for hydroxylation is 4. The smallest absolute Gasteiger partial charge is 0.283 e. The second kappa shape index (κ2) is 15.1. The average Bonchev–Trinajstić information content (AvgIpc) is 2.79. The zero-order valence-electron chi connectivity index (χ0n) is 19.8. The summed E-state index contributed by atoms with van der Waals surface area (Å²) >= 11 is 0. The van der Waals surface area contributed by atoms with Crippen molar-refractivity contribution >= 4 is 18.4 Å². The predicted molar refractivity (Wildman–Crippen MR) is 128 cm³/mol. The third-order valence-electron chi connectivity index (χ3n) is 4.52. The molecule has 0 radical (unpaired) electrons. The maximum Gasteiger partial charge on any atom is 0.314 e. The normalized spacial score (nSPS) is 9.43. The Morgan fingerprint density at radius 2 is 1.47 bits per heavy atom. The van der Waals surface area contributed by atoms with Crippen molar-refractivity contribution in [3.8, 4) is 0 Å². The second-order valence-electron chi connectivity index (χ2n) is 6.70. The van der Waals surface area contributed by atoms with Gasteiger partial charge in [-0.1, -0.05) is 89.1 Å². The standard InChI is InChI=1S/C15H20N2O2.C9H12.C2H6/c1-6-11-8-10(3)9-12(7-2)13(11)14(18)15(19)17(5)16-4;1-2-6-9-7-4-3-5-8-9;1-2/h8-9H,4,6-7H2,1-3,5H3;3-5,7-8H,2,6H2,1H3;1-2H3. The predicted octanol–water partition coefficient (Wildman–Crippen LogP) is 6.04. The van der Waals surface area contributed by atoms with Gasteiger partial charge in [0.1, 0.15) is 0 Å². The van der Waals surface area contributed by atoms with E-state index in [4.69, 9.17) is 0 Å². The molecule has 2 rings (SSSR count). The number of Topliss-reactive ketones (excluding diaryl/α,β-unsaturated/α-hetero) is 1. The van der Waals surface area contributed by atoms with Crippen LogP contribution in [0.25, 0.3) is 0 Å². The van der Waals surface area contributed by atoms with Crippen LogP contribution < -0.4 is 0 Å². The Labute approximate surface area is 183 Å². The molecule has 0 saturated carbocycles. The average molecular weight is 411 g/mol. The Hall–Kier alpha value is -2.75. The molecule has 0 N–H and O–H groups in total. The largest absolute Gasteiger partial charge is 0.314 e. The van der Waals surface area contributed by atoms with E-state index in [0.717, 1.165) is 21.7 Å². The molecule has 0 aliphatic rings. The quantitative estimate of drug-likeness (QED) is 0.242. The van der Waals surface area contributed by atoms with Gasteiger partial charge in [0.25, 0.3) is 5.78 Å². The topological polar surface area (TPSA) is 49.7 Å². The number of hydrogen-bond acceptors (Lipinski definition) is 3. The molecule has 2 aromatic rings. The first kappa shape index (κ1) is 27.2. The molecule has 0 heterocycles. The molecular formula is C26H38N2O2. The van der Waals surface area contributed by atoms with E-state index < -0.39 is 11.7 Å². The summed E-state index contributed by atoms with van der Waals surface area (Å²) in [6.45, 7) is 15.4. The summed E-state index contributed by atoms with van der Waals surface area (Å²) in [4.78, 5) is 24.3. The molecule has 0 aromatic heterocycles. The molecule has 1 amide bonds. The summed E-state index contributed by atoms with van der Waals surface area (Å²) in [5.74, 6) is -1.16.